The van der Waals surface area contributed by atoms with Crippen LogP contribution >= 0.6 is 0 Å². The second-order valence-electron chi connectivity index (χ2n) is 8.59. The smallest absolute Gasteiger partial charge is 0.326 e. The Morgan fingerprint density at radius 3 is 1.94 bits per heavy atom. The van der Waals surface area contributed by atoms with Crippen LogP contribution in [0.3, 0.4) is 0 Å². The summed E-state index contributed by atoms with van der Waals surface area (Å²) in [6.45, 7) is 3.23. The molecule has 0 aliphatic rings. The number of amides is 4. The molecule has 1 aromatic rings. The Morgan fingerprint density at radius 1 is 0.861 bits per heavy atom. The lowest BCUT2D eigenvalue weighted by Gasteiger charge is -2.27. The second kappa shape index (κ2) is 14.4. The highest BCUT2D eigenvalue weighted by Gasteiger charge is 2.32. The summed E-state index contributed by atoms with van der Waals surface area (Å²) >= 11 is 0. The summed E-state index contributed by atoms with van der Waals surface area (Å²) in [4.78, 5) is 71.9. The number of hydrogen-bond donors (Lipinski definition) is 7. The van der Waals surface area contributed by atoms with Crippen molar-refractivity contribution in [3.63, 3.8) is 0 Å². The van der Waals surface area contributed by atoms with Crippen LogP contribution in [0.15, 0.2) is 30.3 Å². The van der Waals surface area contributed by atoms with E-state index in [-0.39, 0.29) is 12.8 Å². The Hall–Kier alpha value is -4.00. The van der Waals surface area contributed by atoms with Crippen molar-refractivity contribution in [2.75, 3.05) is 0 Å². The molecule has 198 valence electrons. The summed E-state index contributed by atoms with van der Waals surface area (Å²) in [6.07, 6.45) is -1.29. The maximum atomic E-state index is 12.9. The zero-order chi connectivity index (χ0) is 27.4. The predicted octanol–water partition coefficient (Wildman–Crippen LogP) is -1.51. The van der Waals surface area contributed by atoms with E-state index in [9.17, 15) is 33.9 Å². The van der Waals surface area contributed by atoms with E-state index in [1.54, 1.807) is 44.2 Å². The van der Waals surface area contributed by atoms with Crippen molar-refractivity contribution in [1.29, 1.82) is 0 Å². The molecule has 0 aliphatic heterocycles. The topological polar surface area (TPSA) is 231 Å². The van der Waals surface area contributed by atoms with Crippen LogP contribution in [-0.4, -0.2) is 69.9 Å². The molecule has 0 saturated heterocycles. The van der Waals surface area contributed by atoms with E-state index in [4.69, 9.17) is 16.6 Å². The van der Waals surface area contributed by atoms with Crippen LogP contribution in [0.2, 0.25) is 0 Å². The van der Waals surface area contributed by atoms with Crippen molar-refractivity contribution >= 4 is 35.6 Å². The summed E-state index contributed by atoms with van der Waals surface area (Å²) in [6, 6.07) is 3.43. The first kappa shape index (κ1) is 30.0. The summed E-state index contributed by atoms with van der Waals surface area (Å²) in [7, 11) is 0. The number of hydrogen-bond acceptors (Lipinski definition) is 7. The van der Waals surface area contributed by atoms with Crippen molar-refractivity contribution in [3.8, 4) is 0 Å². The first-order valence-electron chi connectivity index (χ1n) is 11.2. The van der Waals surface area contributed by atoms with Crippen LogP contribution in [0.25, 0.3) is 0 Å². The van der Waals surface area contributed by atoms with Crippen LogP contribution < -0.4 is 27.4 Å². The Morgan fingerprint density at radius 2 is 1.44 bits per heavy atom. The second-order valence-corrected chi connectivity index (χ2v) is 8.59. The Labute approximate surface area is 208 Å². The minimum Gasteiger partial charge on any atom is -0.481 e. The molecule has 4 unspecified atom stereocenters. The van der Waals surface area contributed by atoms with E-state index < -0.39 is 78.5 Å². The lowest BCUT2D eigenvalue weighted by molar-refractivity contribution is -0.142. The summed E-state index contributed by atoms with van der Waals surface area (Å²) in [5.74, 6) is -6.38. The molecule has 36 heavy (non-hydrogen) atoms. The normalized spacial score (nSPS) is 14.1. The first-order valence-corrected chi connectivity index (χ1v) is 11.2. The molecule has 0 heterocycles. The zero-order valence-electron chi connectivity index (χ0n) is 20.1. The van der Waals surface area contributed by atoms with Crippen molar-refractivity contribution < 1.29 is 39.0 Å². The van der Waals surface area contributed by atoms with Gasteiger partial charge in [-0.05, 0) is 17.9 Å². The van der Waals surface area contributed by atoms with Crippen molar-refractivity contribution in [3.05, 3.63) is 35.9 Å². The molecule has 9 N–H and O–H groups in total. The summed E-state index contributed by atoms with van der Waals surface area (Å²) < 4.78 is 0. The Bertz CT molecular complexity index is 953. The number of carboxylic acids is 2. The number of nitrogens with one attached hydrogen (secondary N) is 3. The van der Waals surface area contributed by atoms with E-state index in [0.717, 1.165) is 0 Å². The van der Waals surface area contributed by atoms with Gasteiger partial charge >= 0.3 is 11.9 Å². The average molecular weight is 508 g/mol. The summed E-state index contributed by atoms with van der Waals surface area (Å²) in [5, 5.41) is 25.7. The standard InChI is InChI=1S/C23H33N5O8/c1-12(2)19(22(34)27-16(23(35)36)10-13-6-4-3-5-7-13)28-21(33)15(8-9-18(30)31)26-20(32)14(24)11-17(25)29/h3-7,12,14-16,19H,8-11,24H2,1-2H3,(H2,25,29)(H,26,32)(H,27,34)(H,28,33)(H,30,31)(H,35,36). The van der Waals surface area contributed by atoms with Crippen LogP contribution in [0.4, 0.5) is 0 Å². The van der Waals surface area contributed by atoms with Gasteiger partial charge in [-0.1, -0.05) is 44.2 Å². The maximum absolute atomic E-state index is 12.9. The molecule has 1 aromatic carbocycles. The summed E-state index contributed by atoms with van der Waals surface area (Å²) in [5.41, 5.74) is 11.3. The number of carboxylic acid groups (broad SMARTS) is 2. The lowest BCUT2D eigenvalue weighted by atomic mass is 10.00. The third-order valence-corrected chi connectivity index (χ3v) is 5.18. The van der Waals surface area contributed by atoms with Gasteiger partial charge in [-0.25, -0.2) is 4.79 Å². The number of aliphatic carboxylic acids is 2. The molecule has 0 fully saturated rings. The highest BCUT2D eigenvalue weighted by Crippen LogP contribution is 2.08. The molecule has 13 nitrogen and oxygen atoms in total. The van der Waals surface area contributed by atoms with Gasteiger partial charge in [-0.2, -0.15) is 0 Å². The van der Waals surface area contributed by atoms with E-state index in [0.29, 0.717) is 5.56 Å². The number of rotatable bonds is 15. The number of carbonyl (C=O) groups excluding carboxylic acids is 4. The molecule has 0 saturated carbocycles. The molecular weight excluding hydrogens is 474 g/mol. The fourth-order valence-electron chi connectivity index (χ4n) is 3.23. The molecule has 0 aromatic heterocycles. The van der Waals surface area contributed by atoms with Gasteiger partial charge in [-0.3, -0.25) is 24.0 Å². The SMILES string of the molecule is CC(C)C(NC(=O)C(CCC(=O)O)NC(=O)C(N)CC(N)=O)C(=O)NC(Cc1ccccc1)C(=O)O. The fourth-order valence-corrected chi connectivity index (χ4v) is 3.23. The molecule has 0 radical (unpaired) electrons. The number of nitrogens with two attached hydrogens (primary N) is 2. The van der Waals surface area contributed by atoms with E-state index in [1.165, 1.54) is 0 Å². The lowest BCUT2D eigenvalue weighted by Crippen LogP contribution is -2.58. The minimum absolute atomic E-state index is 0.00964. The molecule has 0 bridgehead atoms. The molecule has 0 spiro atoms. The van der Waals surface area contributed by atoms with Crippen LogP contribution in [0, 0.1) is 5.92 Å². The molecular formula is C23H33N5O8. The van der Waals surface area contributed by atoms with Gasteiger partial charge < -0.3 is 37.6 Å². The van der Waals surface area contributed by atoms with Gasteiger partial charge in [0, 0.05) is 12.8 Å². The molecule has 4 amide bonds. The molecule has 1 rings (SSSR count). The third kappa shape index (κ3) is 10.5. The van der Waals surface area contributed by atoms with Gasteiger partial charge in [0.05, 0.1) is 12.5 Å². The van der Waals surface area contributed by atoms with Gasteiger partial charge in [0.2, 0.25) is 23.6 Å². The Kier molecular flexibility index (Phi) is 12.0. The van der Waals surface area contributed by atoms with Crippen molar-refractivity contribution in [2.24, 2.45) is 17.4 Å². The van der Waals surface area contributed by atoms with Crippen LogP contribution in [0.5, 0.6) is 0 Å². The number of benzene rings is 1. The molecule has 0 aliphatic carbocycles. The fraction of sp³-hybridized carbons (Fsp3) is 0.478. The van der Waals surface area contributed by atoms with Gasteiger partial charge in [-0.15, -0.1) is 0 Å². The quantitative estimate of drug-likeness (QED) is 0.146. The number of primary amides is 1. The number of carbonyl (C=O) groups is 6. The first-order chi connectivity index (χ1) is 16.8. The monoisotopic (exact) mass is 507 g/mol. The highest BCUT2D eigenvalue weighted by atomic mass is 16.4. The maximum Gasteiger partial charge on any atom is 0.326 e. The largest absolute Gasteiger partial charge is 0.481 e. The minimum atomic E-state index is -1.39. The van der Waals surface area contributed by atoms with E-state index >= 15 is 0 Å². The highest BCUT2D eigenvalue weighted by molar-refractivity contribution is 5.95. The van der Waals surface area contributed by atoms with Crippen molar-refractivity contribution in [2.45, 2.75) is 63.7 Å². The molecule has 4 atom stereocenters. The van der Waals surface area contributed by atoms with Crippen molar-refractivity contribution in [1.82, 2.24) is 16.0 Å². The average Bonchev–Trinajstić information content (AvgIpc) is 2.79. The van der Waals surface area contributed by atoms with Crippen LogP contribution in [0.1, 0.15) is 38.7 Å². The van der Waals surface area contributed by atoms with Gasteiger partial charge in [0.1, 0.15) is 18.1 Å². The van der Waals surface area contributed by atoms with Gasteiger partial charge in [0.25, 0.3) is 0 Å². The third-order valence-electron chi connectivity index (χ3n) is 5.18. The van der Waals surface area contributed by atoms with E-state index in [2.05, 4.69) is 16.0 Å². The molecule has 13 heteroatoms. The van der Waals surface area contributed by atoms with E-state index in [1.807, 2.05) is 0 Å². The zero-order valence-corrected chi connectivity index (χ0v) is 20.1. The Balaban J connectivity index is 2.98. The predicted molar refractivity (Wildman–Crippen MR) is 127 cm³/mol. The van der Waals surface area contributed by atoms with Crippen LogP contribution in [-0.2, 0) is 35.2 Å². The van der Waals surface area contributed by atoms with Gasteiger partial charge in [0.15, 0.2) is 0 Å².